The number of hydrazine groups is 1. The quantitative estimate of drug-likeness (QED) is 0.304. The summed E-state index contributed by atoms with van der Waals surface area (Å²) in [5, 5.41) is 16.2. The largest absolute Gasteiger partial charge is 0.311 e. The van der Waals surface area contributed by atoms with Crippen molar-refractivity contribution < 1.29 is 4.92 Å². The van der Waals surface area contributed by atoms with Gasteiger partial charge in [-0.15, -0.1) is 0 Å². The second-order valence-corrected chi connectivity index (χ2v) is 1.87. The lowest BCUT2D eigenvalue weighted by Crippen LogP contribution is -2.21. The molecule has 0 saturated carbocycles. The molecule has 0 atom stereocenters. The van der Waals surface area contributed by atoms with Crippen LogP contribution < -0.4 is 11.3 Å². The third-order valence-electron chi connectivity index (χ3n) is 1.17. The second kappa shape index (κ2) is 3.08. The smallest absolute Gasteiger partial charge is 0.274 e. The SMILES string of the molecule is NNCc1[nH]ncc1[N+](=O)[O-]. The first-order chi connectivity index (χ1) is 5.25. The zero-order chi connectivity index (χ0) is 8.27. The third-order valence-corrected chi connectivity index (χ3v) is 1.17. The van der Waals surface area contributed by atoms with E-state index in [9.17, 15) is 10.1 Å². The van der Waals surface area contributed by atoms with E-state index in [1.54, 1.807) is 0 Å². The van der Waals surface area contributed by atoms with Crippen LogP contribution in [0.5, 0.6) is 0 Å². The molecule has 7 heteroatoms. The standard InChI is InChI=1S/C4H7N5O2/c5-6-1-3-4(9(10)11)2-7-8-3/h2,6H,1,5H2,(H,7,8). The molecule has 0 aliphatic rings. The van der Waals surface area contributed by atoms with Gasteiger partial charge < -0.3 is 0 Å². The summed E-state index contributed by atoms with van der Waals surface area (Å²) in [4.78, 5) is 9.72. The molecule has 1 heterocycles. The zero-order valence-corrected chi connectivity index (χ0v) is 5.57. The summed E-state index contributed by atoms with van der Waals surface area (Å²) in [6.45, 7) is 0.205. The minimum atomic E-state index is -0.518. The molecule has 0 saturated heterocycles. The number of aromatic amines is 1. The van der Waals surface area contributed by atoms with Crippen LogP contribution in [0.15, 0.2) is 6.20 Å². The van der Waals surface area contributed by atoms with E-state index in [4.69, 9.17) is 5.84 Å². The van der Waals surface area contributed by atoms with Gasteiger partial charge in [0.1, 0.15) is 11.9 Å². The summed E-state index contributed by atoms with van der Waals surface area (Å²) in [5.74, 6) is 4.97. The fourth-order valence-corrected chi connectivity index (χ4v) is 0.696. The van der Waals surface area contributed by atoms with E-state index in [0.29, 0.717) is 5.69 Å². The van der Waals surface area contributed by atoms with E-state index < -0.39 is 4.92 Å². The summed E-state index contributed by atoms with van der Waals surface area (Å²) in [5.41, 5.74) is 2.61. The normalized spacial score (nSPS) is 9.91. The van der Waals surface area contributed by atoms with Crippen LogP contribution in [-0.4, -0.2) is 15.1 Å². The molecule has 7 nitrogen and oxygen atoms in total. The van der Waals surface area contributed by atoms with E-state index >= 15 is 0 Å². The van der Waals surface area contributed by atoms with Crippen molar-refractivity contribution in [3.05, 3.63) is 22.0 Å². The Hall–Kier alpha value is -1.47. The van der Waals surface area contributed by atoms with Gasteiger partial charge >= 0.3 is 5.69 Å². The Morgan fingerprint density at radius 3 is 3.18 bits per heavy atom. The maximum atomic E-state index is 10.2. The number of nitrogens with zero attached hydrogens (tertiary/aromatic N) is 2. The third kappa shape index (κ3) is 1.51. The van der Waals surface area contributed by atoms with Crippen molar-refractivity contribution in [2.45, 2.75) is 6.54 Å². The van der Waals surface area contributed by atoms with Crippen molar-refractivity contribution in [1.29, 1.82) is 0 Å². The topological polar surface area (TPSA) is 110 Å². The molecule has 1 aromatic heterocycles. The Morgan fingerprint density at radius 2 is 2.64 bits per heavy atom. The van der Waals surface area contributed by atoms with E-state index in [1.807, 2.05) is 0 Å². The average Bonchev–Trinajstić information content (AvgIpc) is 2.36. The number of aromatic nitrogens is 2. The molecule has 0 aliphatic heterocycles. The number of rotatable bonds is 3. The highest BCUT2D eigenvalue weighted by Gasteiger charge is 2.14. The van der Waals surface area contributed by atoms with Crippen molar-refractivity contribution in [2.24, 2.45) is 5.84 Å². The summed E-state index contributed by atoms with van der Waals surface area (Å²) < 4.78 is 0. The highest BCUT2D eigenvalue weighted by molar-refractivity contribution is 5.31. The minimum Gasteiger partial charge on any atom is -0.274 e. The number of nitrogens with two attached hydrogens (primary N) is 1. The molecule has 0 bridgehead atoms. The minimum absolute atomic E-state index is 0.0528. The summed E-state index contributed by atoms with van der Waals surface area (Å²) >= 11 is 0. The highest BCUT2D eigenvalue weighted by Crippen LogP contribution is 2.12. The number of H-pyrrole nitrogens is 1. The maximum Gasteiger partial charge on any atom is 0.311 e. The van der Waals surface area contributed by atoms with E-state index in [-0.39, 0.29) is 12.2 Å². The van der Waals surface area contributed by atoms with Gasteiger partial charge in [-0.3, -0.25) is 26.5 Å². The molecule has 0 amide bonds. The number of hydrogen-bond acceptors (Lipinski definition) is 5. The van der Waals surface area contributed by atoms with Crippen molar-refractivity contribution in [1.82, 2.24) is 15.6 Å². The summed E-state index contributed by atoms with van der Waals surface area (Å²) in [6.07, 6.45) is 1.15. The molecule has 0 spiro atoms. The number of hydrogen-bond donors (Lipinski definition) is 3. The molecule has 11 heavy (non-hydrogen) atoms. The Bertz CT molecular complexity index is 257. The molecule has 1 rings (SSSR count). The Labute approximate surface area is 61.7 Å². The monoisotopic (exact) mass is 157 g/mol. The molecule has 1 aromatic rings. The first kappa shape index (κ1) is 7.63. The van der Waals surface area contributed by atoms with E-state index in [0.717, 1.165) is 6.20 Å². The van der Waals surface area contributed by atoms with Crippen LogP contribution in [0.3, 0.4) is 0 Å². The van der Waals surface area contributed by atoms with Gasteiger partial charge in [0.05, 0.1) is 11.5 Å². The van der Waals surface area contributed by atoms with Crippen molar-refractivity contribution in [2.75, 3.05) is 0 Å². The van der Waals surface area contributed by atoms with Crippen LogP contribution >= 0.6 is 0 Å². The Morgan fingerprint density at radius 1 is 1.91 bits per heavy atom. The van der Waals surface area contributed by atoms with Crippen LogP contribution in [-0.2, 0) is 6.54 Å². The fourth-order valence-electron chi connectivity index (χ4n) is 0.696. The molecular weight excluding hydrogens is 150 g/mol. The summed E-state index contributed by atoms with van der Waals surface area (Å²) in [7, 11) is 0. The number of nitro groups is 1. The first-order valence-corrected chi connectivity index (χ1v) is 2.86. The van der Waals surface area contributed by atoms with Gasteiger partial charge in [-0.05, 0) is 0 Å². The van der Waals surface area contributed by atoms with Gasteiger partial charge in [-0.2, -0.15) is 5.10 Å². The summed E-state index contributed by atoms with van der Waals surface area (Å²) in [6, 6.07) is 0. The van der Waals surface area contributed by atoms with Gasteiger partial charge in [0.2, 0.25) is 0 Å². The van der Waals surface area contributed by atoms with Crippen molar-refractivity contribution >= 4 is 5.69 Å². The lowest BCUT2D eigenvalue weighted by molar-refractivity contribution is -0.385. The Balaban J connectivity index is 2.87. The molecule has 0 aromatic carbocycles. The van der Waals surface area contributed by atoms with Gasteiger partial charge in [0.15, 0.2) is 0 Å². The van der Waals surface area contributed by atoms with Crippen LogP contribution in [0.25, 0.3) is 0 Å². The van der Waals surface area contributed by atoms with Crippen molar-refractivity contribution in [3.8, 4) is 0 Å². The van der Waals surface area contributed by atoms with Crippen molar-refractivity contribution in [3.63, 3.8) is 0 Å². The van der Waals surface area contributed by atoms with E-state index in [1.165, 1.54) is 0 Å². The maximum absolute atomic E-state index is 10.2. The Kier molecular flexibility index (Phi) is 2.14. The lowest BCUT2D eigenvalue weighted by atomic mass is 10.4. The second-order valence-electron chi connectivity index (χ2n) is 1.87. The van der Waals surface area contributed by atoms with Crippen LogP contribution in [0.1, 0.15) is 5.69 Å². The molecule has 0 fully saturated rings. The predicted molar refractivity (Wildman–Crippen MR) is 36.3 cm³/mol. The molecule has 0 radical (unpaired) electrons. The first-order valence-electron chi connectivity index (χ1n) is 2.86. The molecule has 0 aliphatic carbocycles. The average molecular weight is 157 g/mol. The van der Waals surface area contributed by atoms with Crippen LogP contribution in [0.2, 0.25) is 0 Å². The predicted octanol–water partition coefficient (Wildman–Crippen LogP) is -0.719. The van der Waals surface area contributed by atoms with Gasteiger partial charge in [-0.25, -0.2) is 0 Å². The molecular formula is C4H7N5O2. The van der Waals surface area contributed by atoms with E-state index in [2.05, 4.69) is 15.6 Å². The number of nitrogens with one attached hydrogen (secondary N) is 2. The fraction of sp³-hybridized carbons (Fsp3) is 0.250. The highest BCUT2D eigenvalue weighted by atomic mass is 16.6. The van der Waals surface area contributed by atoms with Gasteiger partial charge in [-0.1, -0.05) is 0 Å². The van der Waals surface area contributed by atoms with Crippen LogP contribution in [0, 0.1) is 10.1 Å². The van der Waals surface area contributed by atoms with Gasteiger partial charge in [0.25, 0.3) is 0 Å². The van der Waals surface area contributed by atoms with Gasteiger partial charge in [0, 0.05) is 0 Å². The van der Waals surface area contributed by atoms with Crippen LogP contribution in [0.4, 0.5) is 5.69 Å². The molecule has 4 N–H and O–H groups in total. The molecule has 60 valence electrons. The molecule has 0 unspecified atom stereocenters. The lowest BCUT2D eigenvalue weighted by Gasteiger charge is -1.92. The zero-order valence-electron chi connectivity index (χ0n) is 5.57.